The van der Waals surface area contributed by atoms with E-state index in [9.17, 15) is 8.42 Å². The third-order valence-electron chi connectivity index (χ3n) is 2.85. The van der Waals surface area contributed by atoms with Crippen molar-refractivity contribution < 1.29 is 12.6 Å². The molecule has 1 aliphatic heterocycles. The predicted octanol–water partition coefficient (Wildman–Crippen LogP) is 3.59. The Balaban J connectivity index is 2.02. The second-order valence-corrected chi connectivity index (χ2v) is 6.49. The molecule has 6 heteroatoms. The van der Waals surface area contributed by atoms with Crippen molar-refractivity contribution >= 4 is 38.0 Å². The summed E-state index contributed by atoms with van der Waals surface area (Å²) < 4.78 is 32.8. The van der Waals surface area contributed by atoms with Gasteiger partial charge in [-0.2, -0.15) is 8.42 Å². The molecule has 0 unspecified atom stereocenters. The van der Waals surface area contributed by atoms with Gasteiger partial charge in [0.05, 0.1) is 5.71 Å². The lowest BCUT2D eigenvalue weighted by Crippen LogP contribution is -2.17. The van der Waals surface area contributed by atoms with E-state index >= 15 is 0 Å². The quantitative estimate of drug-likeness (QED) is 0.818. The largest absolute Gasteiger partial charge is 0.429 e. The fourth-order valence-corrected chi connectivity index (χ4v) is 3.18. The van der Waals surface area contributed by atoms with Crippen molar-refractivity contribution in [1.29, 1.82) is 0 Å². The van der Waals surface area contributed by atoms with E-state index in [1.807, 2.05) is 30.3 Å². The third-order valence-corrected chi connectivity index (χ3v) is 4.15. The number of hydrogen-bond acceptors (Lipinski definition) is 3. The molecular weight excluding hydrogens is 354 g/mol. The van der Waals surface area contributed by atoms with Crippen molar-refractivity contribution in [2.45, 2.75) is 0 Å². The zero-order chi connectivity index (χ0) is 14.9. The Kier molecular flexibility index (Phi) is 3.65. The van der Waals surface area contributed by atoms with Crippen LogP contribution in [0.2, 0.25) is 0 Å². The molecule has 0 aromatic heterocycles. The number of nitrogens with zero attached hydrogens (tertiary/aromatic N) is 1. The van der Waals surface area contributed by atoms with Gasteiger partial charge in [0.2, 0.25) is 0 Å². The molecule has 1 heterocycles. The fourth-order valence-electron chi connectivity index (χ4n) is 1.96. The topological polar surface area (TPSA) is 55.7 Å². The van der Waals surface area contributed by atoms with Crippen LogP contribution in [-0.2, 0) is 10.3 Å². The number of rotatable bonds is 2. The van der Waals surface area contributed by atoms with Gasteiger partial charge in [-0.25, -0.2) is 0 Å². The maximum absolute atomic E-state index is 11.6. The smallest absolute Gasteiger partial charge is 0.365 e. The van der Waals surface area contributed by atoms with Crippen LogP contribution in [0, 0.1) is 0 Å². The zero-order valence-corrected chi connectivity index (χ0v) is 13.1. The van der Waals surface area contributed by atoms with Gasteiger partial charge in [-0.3, -0.25) is 0 Å². The van der Waals surface area contributed by atoms with Crippen LogP contribution >= 0.6 is 15.9 Å². The average Bonchev–Trinajstić information content (AvgIpc) is 2.44. The molecule has 0 fully saturated rings. The highest BCUT2D eigenvalue weighted by atomic mass is 79.9. The Morgan fingerprint density at radius 1 is 1.05 bits per heavy atom. The second kappa shape index (κ2) is 5.46. The molecule has 2 aromatic carbocycles. The lowest BCUT2D eigenvalue weighted by Gasteiger charge is -2.14. The maximum atomic E-state index is 11.6. The number of fused-ring (bicyclic) bond motifs is 1. The first-order valence-corrected chi connectivity index (χ1v) is 8.27. The minimum atomic E-state index is -3.93. The van der Waals surface area contributed by atoms with E-state index < -0.39 is 10.3 Å². The van der Waals surface area contributed by atoms with Crippen molar-refractivity contribution in [3.63, 3.8) is 0 Å². The van der Waals surface area contributed by atoms with Gasteiger partial charge in [-0.15, -0.1) is 4.40 Å². The van der Waals surface area contributed by atoms with Crippen molar-refractivity contribution in [3.05, 3.63) is 70.2 Å². The highest BCUT2D eigenvalue weighted by Gasteiger charge is 2.22. The van der Waals surface area contributed by atoms with Crippen LogP contribution in [0.3, 0.4) is 0 Å². The number of allylic oxidation sites excluding steroid dienone is 1. The summed E-state index contributed by atoms with van der Waals surface area (Å²) in [4.78, 5) is 0. The summed E-state index contributed by atoms with van der Waals surface area (Å²) in [5, 5.41) is 0. The molecule has 106 valence electrons. The summed E-state index contributed by atoms with van der Waals surface area (Å²) in [6.07, 6.45) is 3.47. The summed E-state index contributed by atoms with van der Waals surface area (Å²) in [7, 11) is -3.93. The second-order valence-electron chi connectivity index (χ2n) is 4.37. The lowest BCUT2D eigenvalue weighted by atomic mass is 10.1. The summed E-state index contributed by atoms with van der Waals surface area (Å²) >= 11 is 3.39. The van der Waals surface area contributed by atoms with E-state index in [-0.39, 0.29) is 0 Å². The lowest BCUT2D eigenvalue weighted by molar-refractivity contribution is 0.485. The van der Waals surface area contributed by atoms with Gasteiger partial charge < -0.3 is 4.18 Å². The molecule has 3 rings (SSSR count). The van der Waals surface area contributed by atoms with Gasteiger partial charge in [0.25, 0.3) is 0 Å². The Labute approximate surface area is 131 Å². The fraction of sp³-hybridized carbons (Fsp3) is 0. The van der Waals surface area contributed by atoms with E-state index in [0.717, 1.165) is 10.0 Å². The highest BCUT2D eigenvalue weighted by molar-refractivity contribution is 9.10. The summed E-state index contributed by atoms with van der Waals surface area (Å²) in [6.45, 7) is 0. The van der Waals surface area contributed by atoms with Crippen LogP contribution < -0.4 is 4.18 Å². The first-order valence-electron chi connectivity index (χ1n) is 6.11. The van der Waals surface area contributed by atoms with Gasteiger partial charge in [-0.05, 0) is 35.9 Å². The molecule has 0 spiro atoms. The Hall–Kier alpha value is -1.92. The van der Waals surface area contributed by atoms with Gasteiger partial charge >= 0.3 is 10.3 Å². The van der Waals surface area contributed by atoms with Gasteiger partial charge in [0, 0.05) is 10.0 Å². The molecular formula is C15H10BrNO3S. The molecule has 0 bridgehead atoms. The molecule has 2 aromatic rings. The summed E-state index contributed by atoms with van der Waals surface area (Å²) in [5.41, 5.74) is 1.95. The molecule has 0 N–H and O–H groups in total. The molecule has 4 nitrogen and oxygen atoms in total. The van der Waals surface area contributed by atoms with Crippen molar-refractivity contribution in [2.24, 2.45) is 4.40 Å². The van der Waals surface area contributed by atoms with Crippen LogP contribution in [0.5, 0.6) is 5.75 Å². The molecule has 0 amide bonds. The molecule has 0 saturated heterocycles. The van der Waals surface area contributed by atoms with Crippen LogP contribution in [0.1, 0.15) is 11.1 Å². The standard InChI is InChI=1S/C15H10BrNO3S/c16-12-5-3-4-11(10-12)8-9-14-13-6-1-2-7-15(13)20-21(18,19)17-14/h1-10H/b9-8+. The van der Waals surface area contributed by atoms with E-state index in [2.05, 4.69) is 20.3 Å². The first kappa shape index (κ1) is 14.0. The van der Waals surface area contributed by atoms with Crippen molar-refractivity contribution in [1.82, 2.24) is 0 Å². The molecule has 0 aliphatic carbocycles. The van der Waals surface area contributed by atoms with Crippen LogP contribution in [0.15, 0.2) is 63.5 Å². The third kappa shape index (κ3) is 3.22. The molecule has 0 radical (unpaired) electrons. The first-order chi connectivity index (χ1) is 10.0. The SMILES string of the molecule is O=S1(=O)N=C(/C=C/c2cccc(Br)c2)c2ccccc2O1. The van der Waals surface area contributed by atoms with Crippen LogP contribution in [0.4, 0.5) is 0 Å². The number of hydrogen-bond donors (Lipinski definition) is 0. The van der Waals surface area contributed by atoms with Gasteiger partial charge in [0.15, 0.2) is 5.75 Å². The number of benzene rings is 2. The van der Waals surface area contributed by atoms with Crippen LogP contribution in [0.25, 0.3) is 6.08 Å². The minimum Gasteiger partial charge on any atom is -0.365 e. The van der Waals surface area contributed by atoms with E-state index in [1.54, 1.807) is 30.4 Å². The zero-order valence-electron chi connectivity index (χ0n) is 10.7. The number of para-hydroxylation sites is 1. The summed E-state index contributed by atoms with van der Waals surface area (Å²) in [6, 6.07) is 14.6. The molecule has 0 saturated carbocycles. The van der Waals surface area contributed by atoms with Crippen molar-refractivity contribution in [3.8, 4) is 5.75 Å². The molecule has 0 atom stereocenters. The number of halogens is 1. The van der Waals surface area contributed by atoms with Crippen molar-refractivity contribution in [2.75, 3.05) is 0 Å². The van der Waals surface area contributed by atoms with Gasteiger partial charge in [0.1, 0.15) is 0 Å². The maximum Gasteiger partial charge on any atom is 0.429 e. The normalized spacial score (nSPS) is 16.1. The Morgan fingerprint density at radius 3 is 2.67 bits per heavy atom. The molecule has 1 aliphatic rings. The Morgan fingerprint density at radius 2 is 1.86 bits per heavy atom. The monoisotopic (exact) mass is 363 g/mol. The Bertz CT molecular complexity index is 857. The predicted molar refractivity (Wildman–Crippen MR) is 85.7 cm³/mol. The molecule has 21 heavy (non-hydrogen) atoms. The van der Waals surface area contributed by atoms with E-state index in [0.29, 0.717) is 17.0 Å². The van der Waals surface area contributed by atoms with Crippen LogP contribution in [-0.4, -0.2) is 14.1 Å². The highest BCUT2D eigenvalue weighted by Crippen LogP contribution is 2.26. The average molecular weight is 364 g/mol. The van der Waals surface area contributed by atoms with Gasteiger partial charge in [-0.1, -0.05) is 46.3 Å². The minimum absolute atomic E-state index is 0.293. The van der Waals surface area contributed by atoms with E-state index in [1.165, 1.54) is 0 Å². The van der Waals surface area contributed by atoms with E-state index in [4.69, 9.17) is 4.18 Å². The summed E-state index contributed by atoms with van der Waals surface area (Å²) in [5.74, 6) is 0.293.